The van der Waals surface area contributed by atoms with Crippen LogP contribution in [0.2, 0.25) is 0 Å². The molecule has 0 spiro atoms. The summed E-state index contributed by atoms with van der Waals surface area (Å²) in [7, 11) is 0. The fraction of sp³-hybridized carbons (Fsp3) is 0.667. The first-order valence-electron chi connectivity index (χ1n) is 4.64. The van der Waals surface area contributed by atoms with Gasteiger partial charge in [0, 0.05) is 6.07 Å². The van der Waals surface area contributed by atoms with Crippen LogP contribution in [-0.4, -0.2) is 16.4 Å². The highest BCUT2D eigenvalue weighted by atomic mass is 19.4. The largest absolute Gasteiger partial charge is 0.435 e. The van der Waals surface area contributed by atoms with Crippen LogP contribution in [0, 0.1) is 0 Å². The molecular weight excluding hydrogens is 247 g/mol. The highest BCUT2D eigenvalue weighted by Gasteiger charge is 2.37. The maximum absolute atomic E-state index is 12.4. The summed E-state index contributed by atoms with van der Waals surface area (Å²) in [6.45, 7) is 1.38. The van der Waals surface area contributed by atoms with Gasteiger partial charge in [0.15, 0.2) is 5.69 Å². The SMILES string of the molecule is CC(C)(C)n1nc(C(F)(F)F)cc1OC(F)F. The predicted octanol–water partition coefficient (Wildman–Crippen LogP) is 3.26. The predicted molar refractivity (Wildman–Crippen MR) is 48.9 cm³/mol. The van der Waals surface area contributed by atoms with E-state index in [9.17, 15) is 22.0 Å². The Balaban J connectivity index is 3.22. The average molecular weight is 258 g/mol. The van der Waals surface area contributed by atoms with Gasteiger partial charge in [0.05, 0.1) is 5.54 Å². The topological polar surface area (TPSA) is 27.1 Å². The molecule has 1 rings (SSSR count). The quantitative estimate of drug-likeness (QED) is 0.761. The van der Waals surface area contributed by atoms with E-state index in [4.69, 9.17) is 0 Å². The van der Waals surface area contributed by atoms with Crippen molar-refractivity contribution in [1.29, 1.82) is 0 Å². The number of halogens is 5. The first-order valence-corrected chi connectivity index (χ1v) is 4.64. The van der Waals surface area contributed by atoms with Gasteiger partial charge >= 0.3 is 12.8 Å². The monoisotopic (exact) mass is 258 g/mol. The molecule has 0 bridgehead atoms. The highest BCUT2D eigenvalue weighted by molar-refractivity contribution is 5.20. The molecule has 0 aliphatic heterocycles. The van der Waals surface area contributed by atoms with E-state index >= 15 is 0 Å². The number of hydrogen-bond acceptors (Lipinski definition) is 2. The molecule has 0 radical (unpaired) electrons. The molecule has 3 nitrogen and oxygen atoms in total. The van der Waals surface area contributed by atoms with Crippen LogP contribution in [0.3, 0.4) is 0 Å². The minimum atomic E-state index is -4.70. The van der Waals surface area contributed by atoms with Crippen molar-refractivity contribution in [2.75, 3.05) is 0 Å². The minimum absolute atomic E-state index is 0.456. The molecular formula is C9H11F5N2O. The Morgan fingerprint density at radius 2 is 1.76 bits per heavy atom. The summed E-state index contributed by atoms with van der Waals surface area (Å²) in [5.41, 5.74) is -2.16. The van der Waals surface area contributed by atoms with Crippen LogP contribution in [0.1, 0.15) is 26.5 Å². The molecule has 1 aromatic rings. The fourth-order valence-electron chi connectivity index (χ4n) is 1.16. The molecule has 0 aliphatic rings. The van der Waals surface area contributed by atoms with Gasteiger partial charge in [-0.2, -0.15) is 27.1 Å². The second-order valence-corrected chi connectivity index (χ2v) is 4.33. The van der Waals surface area contributed by atoms with Gasteiger partial charge in [0.2, 0.25) is 5.88 Å². The van der Waals surface area contributed by atoms with Gasteiger partial charge in [-0.1, -0.05) is 0 Å². The summed E-state index contributed by atoms with van der Waals surface area (Å²) in [5, 5.41) is 3.24. The third kappa shape index (κ3) is 3.31. The summed E-state index contributed by atoms with van der Waals surface area (Å²) < 4.78 is 66.1. The van der Waals surface area contributed by atoms with Crippen LogP contribution in [-0.2, 0) is 11.7 Å². The number of nitrogens with zero attached hydrogens (tertiary/aromatic N) is 2. The van der Waals surface area contributed by atoms with Gasteiger partial charge in [-0.15, -0.1) is 0 Å². The zero-order valence-corrected chi connectivity index (χ0v) is 9.35. The van der Waals surface area contributed by atoms with Gasteiger partial charge in [-0.05, 0) is 20.8 Å². The first-order chi connectivity index (χ1) is 7.51. The molecule has 0 atom stereocenters. The van der Waals surface area contributed by atoms with E-state index in [1.54, 1.807) is 0 Å². The lowest BCUT2D eigenvalue weighted by molar-refractivity contribution is -0.141. The van der Waals surface area contributed by atoms with E-state index in [1.807, 2.05) is 0 Å². The zero-order valence-electron chi connectivity index (χ0n) is 9.35. The zero-order chi connectivity index (χ0) is 13.4. The van der Waals surface area contributed by atoms with Crippen LogP contribution in [0.5, 0.6) is 5.88 Å². The van der Waals surface area contributed by atoms with Gasteiger partial charge < -0.3 is 4.74 Å². The summed E-state index contributed by atoms with van der Waals surface area (Å²) in [5.74, 6) is -0.611. The highest BCUT2D eigenvalue weighted by Crippen LogP contribution is 2.33. The molecule has 0 saturated carbocycles. The maximum Gasteiger partial charge on any atom is 0.435 e. The van der Waals surface area contributed by atoms with Crippen LogP contribution in [0.25, 0.3) is 0 Å². The second kappa shape index (κ2) is 4.15. The number of ether oxygens (including phenoxy) is 1. The van der Waals surface area contributed by atoms with E-state index in [-0.39, 0.29) is 0 Å². The van der Waals surface area contributed by atoms with Crippen molar-refractivity contribution >= 4 is 0 Å². The van der Waals surface area contributed by atoms with Gasteiger partial charge in [-0.3, -0.25) is 0 Å². The molecule has 1 aromatic heterocycles. The van der Waals surface area contributed by atoms with Gasteiger partial charge in [-0.25, -0.2) is 4.68 Å². The van der Waals surface area contributed by atoms with E-state index in [0.717, 1.165) is 4.68 Å². The Hall–Kier alpha value is -1.34. The minimum Gasteiger partial charge on any atom is -0.417 e. The molecule has 17 heavy (non-hydrogen) atoms. The van der Waals surface area contributed by atoms with Crippen molar-refractivity contribution in [2.24, 2.45) is 0 Å². The number of alkyl halides is 5. The third-order valence-electron chi connectivity index (χ3n) is 1.81. The second-order valence-electron chi connectivity index (χ2n) is 4.33. The van der Waals surface area contributed by atoms with Crippen molar-refractivity contribution < 1.29 is 26.7 Å². The Kier molecular flexibility index (Phi) is 3.35. The lowest BCUT2D eigenvalue weighted by atomic mass is 10.1. The molecule has 0 unspecified atom stereocenters. The maximum atomic E-state index is 12.4. The van der Waals surface area contributed by atoms with Crippen LogP contribution in [0.4, 0.5) is 22.0 Å². The smallest absolute Gasteiger partial charge is 0.417 e. The molecule has 0 amide bonds. The number of aromatic nitrogens is 2. The van der Waals surface area contributed by atoms with Gasteiger partial charge in [0.1, 0.15) is 0 Å². The van der Waals surface area contributed by atoms with E-state index in [2.05, 4.69) is 9.84 Å². The fourth-order valence-corrected chi connectivity index (χ4v) is 1.16. The van der Waals surface area contributed by atoms with Crippen molar-refractivity contribution in [3.05, 3.63) is 11.8 Å². The number of hydrogen-bond donors (Lipinski definition) is 0. The summed E-state index contributed by atoms with van der Waals surface area (Å²) in [6, 6.07) is 0.456. The average Bonchev–Trinajstić information content (AvgIpc) is 2.44. The summed E-state index contributed by atoms with van der Waals surface area (Å²) in [4.78, 5) is 0. The van der Waals surface area contributed by atoms with E-state index in [0.29, 0.717) is 6.07 Å². The molecule has 0 aromatic carbocycles. The van der Waals surface area contributed by atoms with Crippen molar-refractivity contribution in [3.8, 4) is 5.88 Å². The lowest BCUT2D eigenvalue weighted by Gasteiger charge is -2.21. The molecule has 0 saturated heterocycles. The summed E-state index contributed by atoms with van der Waals surface area (Å²) >= 11 is 0. The third-order valence-corrected chi connectivity index (χ3v) is 1.81. The normalized spacial score (nSPS) is 13.2. The van der Waals surface area contributed by atoms with Crippen molar-refractivity contribution in [2.45, 2.75) is 39.1 Å². The molecule has 98 valence electrons. The molecule has 0 fully saturated rings. The Morgan fingerprint density at radius 1 is 1.24 bits per heavy atom. The Morgan fingerprint density at radius 3 is 2.12 bits per heavy atom. The van der Waals surface area contributed by atoms with E-state index < -0.39 is 29.9 Å². The van der Waals surface area contributed by atoms with Crippen molar-refractivity contribution in [3.63, 3.8) is 0 Å². The summed E-state index contributed by atoms with van der Waals surface area (Å²) in [6.07, 6.45) is -4.70. The molecule has 8 heteroatoms. The van der Waals surface area contributed by atoms with E-state index in [1.165, 1.54) is 20.8 Å². The van der Waals surface area contributed by atoms with Gasteiger partial charge in [0.25, 0.3) is 0 Å². The lowest BCUT2D eigenvalue weighted by Crippen LogP contribution is -2.25. The Labute approximate surface area is 94.2 Å². The molecule has 0 N–H and O–H groups in total. The molecule has 0 aliphatic carbocycles. The number of rotatable bonds is 2. The first kappa shape index (κ1) is 13.7. The standard InChI is InChI=1S/C9H11F5N2O/c1-8(2,3)16-6(17-7(10)11)4-5(15-16)9(12,13)14/h4,7H,1-3H3. The van der Waals surface area contributed by atoms with Crippen molar-refractivity contribution in [1.82, 2.24) is 9.78 Å². The molecule has 1 heterocycles. The van der Waals surface area contributed by atoms with Crippen LogP contribution in [0.15, 0.2) is 6.07 Å². The van der Waals surface area contributed by atoms with Crippen LogP contribution < -0.4 is 4.74 Å². The Bertz CT molecular complexity index is 391. The van der Waals surface area contributed by atoms with Crippen LogP contribution >= 0.6 is 0 Å².